The van der Waals surface area contributed by atoms with E-state index in [1.165, 1.54) is 25.4 Å². The summed E-state index contributed by atoms with van der Waals surface area (Å²) >= 11 is 0. The van der Waals surface area contributed by atoms with Crippen LogP contribution < -0.4 is 9.47 Å². The molecular formula is C13H11NO4. The Balaban J connectivity index is 2.10. The molecule has 92 valence electrons. The fraction of sp³-hybridized carbons (Fsp3) is 0.0769. The molecule has 1 aromatic heterocycles. The Hall–Kier alpha value is -2.56. The zero-order valence-electron chi connectivity index (χ0n) is 9.66. The summed E-state index contributed by atoms with van der Waals surface area (Å²) < 4.78 is 10.4. The number of carboxylic acids is 1. The zero-order chi connectivity index (χ0) is 13.0. The van der Waals surface area contributed by atoms with Crippen molar-refractivity contribution in [3.63, 3.8) is 0 Å². The van der Waals surface area contributed by atoms with E-state index in [1.54, 1.807) is 24.3 Å². The molecule has 1 heterocycles. The van der Waals surface area contributed by atoms with E-state index in [2.05, 4.69) is 4.98 Å². The molecule has 5 nitrogen and oxygen atoms in total. The van der Waals surface area contributed by atoms with Crippen molar-refractivity contribution < 1.29 is 19.4 Å². The Bertz CT molecular complexity index is 534. The third-order valence-corrected chi connectivity index (χ3v) is 2.26. The Morgan fingerprint density at radius 2 is 1.78 bits per heavy atom. The Kier molecular flexibility index (Phi) is 3.43. The van der Waals surface area contributed by atoms with Gasteiger partial charge in [0.25, 0.3) is 0 Å². The zero-order valence-corrected chi connectivity index (χ0v) is 9.66. The van der Waals surface area contributed by atoms with E-state index >= 15 is 0 Å². The molecule has 0 amide bonds. The number of aromatic carboxylic acids is 1. The van der Waals surface area contributed by atoms with Gasteiger partial charge in [0.15, 0.2) is 0 Å². The largest absolute Gasteiger partial charge is 0.481 e. The van der Waals surface area contributed by atoms with Gasteiger partial charge in [-0.3, -0.25) is 0 Å². The summed E-state index contributed by atoms with van der Waals surface area (Å²) in [6, 6.07) is 9.54. The Morgan fingerprint density at radius 1 is 1.11 bits per heavy atom. The van der Waals surface area contributed by atoms with Gasteiger partial charge in [-0.25, -0.2) is 9.78 Å². The van der Waals surface area contributed by atoms with Gasteiger partial charge in [-0.2, -0.15) is 0 Å². The Labute approximate surface area is 104 Å². The van der Waals surface area contributed by atoms with Crippen molar-refractivity contribution >= 4 is 5.97 Å². The van der Waals surface area contributed by atoms with Crippen molar-refractivity contribution in [3.8, 4) is 17.4 Å². The van der Waals surface area contributed by atoms with E-state index in [0.29, 0.717) is 17.4 Å². The van der Waals surface area contributed by atoms with E-state index in [9.17, 15) is 4.79 Å². The first kappa shape index (κ1) is 11.9. The van der Waals surface area contributed by atoms with Gasteiger partial charge in [0, 0.05) is 6.07 Å². The number of ether oxygens (including phenoxy) is 2. The summed E-state index contributed by atoms with van der Waals surface area (Å²) in [7, 11) is 1.54. The van der Waals surface area contributed by atoms with Gasteiger partial charge in [0.2, 0.25) is 5.88 Å². The van der Waals surface area contributed by atoms with E-state index < -0.39 is 5.97 Å². The third-order valence-electron chi connectivity index (χ3n) is 2.26. The lowest BCUT2D eigenvalue weighted by Crippen LogP contribution is -1.95. The van der Waals surface area contributed by atoms with Crippen LogP contribution in [-0.2, 0) is 0 Å². The van der Waals surface area contributed by atoms with Gasteiger partial charge in [-0.05, 0) is 30.3 Å². The molecule has 0 saturated carbocycles. The van der Waals surface area contributed by atoms with Crippen LogP contribution >= 0.6 is 0 Å². The first-order valence-corrected chi connectivity index (χ1v) is 5.20. The second kappa shape index (κ2) is 5.18. The highest BCUT2D eigenvalue weighted by Crippen LogP contribution is 2.22. The first-order chi connectivity index (χ1) is 8.69. The monoisotopic (exact) mass is 245 g/mol. The molecule has 1 N–H and O–H groups in total. The third kappa shape index (κ3) is 2.76. The average Bonchev–Trinajstić information content (AvgIpc) is 2.40. The summed E-state index contributed by atoms with van der Waals surface area (Å²) in [6.45, 7) is 0. The summed E-state index contributed by atoms with van der Waals surface area (Å²) in [4.78, 5) is 14.7. The molecule has 0 fully saturated rings. The molecule has 0 aliphatic rings. The van der Waals surface area contributed by atoms with Gasteiger partial charge >= 0.3 is 5.97 Å². The van der Waals surface area contributed by atoms with E-state index in [4.69, 9.17) is 14.6 Å². The fourth-order valence-electron chi connectivity index (χ4n) is 1.35. The highest BCUT2D eigenvalue weighted by molar-refractivity contribution is 5.87. The van der Waals surface area contributed by atoms with Gasteiger partial charge in [0.05, 0.1) is 18.9 Å². The molecule has 0 saturated heterocycles. The summed E-state index contributed by atoms with van der Waals surface area (Å²) in [5, 5.41) is 8.76. The van der Waals surface area contributed by atoms with E-state index in [1.807, 2.05) is 0 Å². The van der Waals surface area contributed by atoms with Crippen LogP contribution in [0, 0.1) is 0 Å². The number of hydrogen-bond acceptors (Lipinski definition) is 4. The number of benzene rings is 1. The maximum atomic E-state index is 10.7. The maximum Gasteiger partial charge on any atom is 0.335 e. The SMILES string of the molecule is COc1ccc(Oc2ccc(C(=O)O)cc2)cn1. The lowest BCUT2D eigenvalue weighted by Gasteiger charge is -2.06. The van der Waals surface area contributed by atoms with Crippen LogP contribution in [0.3, 0.4) is 0 Å². The number of methoxy groups -OCH3 is 1. The predicted octanol–water partition coefficient (Wildman–Crippen LogP) is 2.58. The minimum Gasteiger partial charge on any atom is -0.481 e. The lowest BCUT2D eigenvalue weighted by atomic mass is 10.2. The van der Waals surface area contributed by atoms with E-state index in [0.717, 1.165) is 0 Å². The molecule has 2 rings (SSSR count). The number of carboxylic acid groups (broad SMARTS) is 1. The van der Waals surface area contributed by atoms with Crippen molar-refractivity contribution in [2.24, 2.45) is 0 Å². The van der Waals surface area contributed by atoms with Crippen LogP contribution in [0.15, 0.2) is 42.6 Å². The molecular weight excluding hydrogens is 234 g/mol. The smallest absolute Gasteiger partial charge is 0.335 e. The number of hydrogen-bond donors (Lipinski definition) is 1. The summed E-state index contributed by atoms with van der Waals surface area (Å²) in [5.74, 6) is 0.641. The van der Waals surface area contributed by atoms with Crippen LogP contribution in [0.25, 0.3) is 0 Å². The van der Waals surface area contributed by atoms with Crippen molar-refractivity contribution in [1.82, 2.24) is 4.98 Å². The Morgan fingerprint density at radius 3 is 2.28 bits per heavy atom. The number of aromatic nitrogens is 1. The maximum absolute atomic E-state index is 10.7. The highest BCUT2D eigenvalue weighted by Gasteiger charge is 2.03. The minimum absolute atomic E-state index is 0.218. The van der Waals surface area contributed by atoms with Gasteiger partial charge < -0.3 is 14.6 Å². The molecule has 5 heteroatoms. The quantitative estimate of drug-likeness (QED) is 0.896. The molecule has 1 aromatic carbocycles. The van der Waals surface area contributed by atoms with E-state index in [-0.39, 0.29) is 5.56 Å². The van der Waals surface area contributed by atoms with Crippen LogP contribution in [0.4, 0.5) is 0 Å². The average molecular weight is 245 g/mol. The molecule has 0 aliphatic carbocycles. The molecule has 0 bridgehead atoms. The van der Waals surface area contributed by atoms with Gasteiger partial charge in [-0.15, -0.1) is 0 Å². The standard InChI is InChI=1S/C13H11NO4/c1-17-12-7-6-11(8-14-12)18-10-4-2-9(3-5-10)13(15)16/h2-8H,1H3,(H,15,16). The highest BCUT2D eigenvalue weighted by atomic mass is 16.5. The summed E-state index contributed by atoms with van der Waals surface area (Å²) in [5.41, 5.74) is 0.218. The minimum atomic E-state index is -0.965. The summed E-state index contributed by atoms with van der Waals surface area (Å²) in [6.07, 6.45) is 1.53. The molecule has 18 heavy (non-hydrogen) atoms. The fourth-order valence-corrected chi connectivity index (χ4v) is 1.35. The first-order valence-electron chi connectivity index (χ1n) is 5.20. The van der Waals surface area contributed by atoms with Crippen LogP contribution in [0.2, 0.25) is 0 Å². The molecule has 0 radical (unpaired) electrons. The molecule has 0 aliphatic heterocycles. The number of rotatable bonds is 4. The molecule has 0 atom stereocenters. The molecule has 0 spiro atoms. The van der Waals surface area contributed by atoms with Crippen molar-refractivity contribution in [2.75, 3.05) is 7.11 Å². The van der Waals surface area contributed by atoms with Crippen LogP contribution in [0.5, 0.6) is 17.4 Å². The normalized spacial score (nSPS) is 9.83. The number of pyridine rings is 1. The number of nitrogens with zero attached hydrogens (tertiary/aromatic N) is 1. The van der Waals surface area contributed by atoms with Gasteiger partial charge in [-0.1, -0.05) is 0 Å². The van der Waals surface area contributed by atoms with Crippen LogP contribution in [-0.4, -0.2) is 23.2 Å². The second-order valence-corrected chi connectivity index (χ2v) is 3.47. The van der Waals surface area contributed by atoms with Gasteiger partial charge in [0.1, 0.15) is 11.5 Å². The van der Waals surface area contributed by atoms with Crippen LogP contribution in [0.1, 0.15) is 10.4 Å². The van der Waals surface area contributed by atoms with Crippen molar-refractivity contribution in [1.29, 1.82) is 0 Å². The second-order valence-electron chi connectivity index (χ2n) is 3.47. The van der Waals surface area contributed by atoms with Crippen molar-refractivity contribution in [3.05, 3.63) is 48.2 Å². The van der Waals surface area contributed by atoms with Crippen molar-refractivity contribution in [2.45, 2.75) is 0 Å². The topological polar surface area (TPSA) is 68.7 Å². The lowest BCUT2D eigenvalue weighted by molar-refractivity contribution is 0.0697. The number of carbonyl (C=O) groups is 1. The molecule has 2 aromatic rings. The predicted molar refractivity (Wildman–Crippen MR) is 64.3 cm³/mol. The molecule has 0 unspecified atom stereocenters.